The number of nitrogens with one attached hydrogen (secondary N) is 1. The van der Waals surface area contributed by atoms with Crippen LogP contribution in [0.25, 0.3) is 0 Å². The Balaban J connectivity index is 2.27. The summed E-state index contributed by atoms with van der Waals surface area (Å²) in [6.07, 6.45) is 3.33. The maximum atomic E-state index is 11.4. The van der Waals surface area contributed by atoms with Gasteiger partial charge in [-0.3, -0.25) is 0 Å². The summed E-state index contributed by atoms with van der Waals surface area (Å²) in [5, 5.41) is 3.80. The van der Waals surface area contributed by atoms with Crippen LogP contribution in [0.2, 0.25) is 0 Å². The predicted octanol–water partition coefficient (Wildman–Crippen LogP) is 3.08. The molecule has 0 aromatic carbocycles. The smallest absolute Gasteiger partial charge is 0.407 e. The maximum absolute atomic E-state index is 11.4. The van der Waals surface area contributed by atoms with Gasteiger partial charge in [-0.15, -0.1) is 0 Å². The second-order valence-electron chi connectivity index (χ2n) is 5.34. The fraction of sp³-hybridized carbons (Fsp3) is 0.909. The number of rotatable bonds is 3. The molecule has 0 saturated heterocycles. The summed E-state index contributed by atoms with van der Waals surface area (Å²) in [4.78, 5) is 11.4. The number of hydrogen-bond donors (Lipinski definition) is 1. The zero-order valence-corrected chi connectivity index (χ0v) is 11.3. The van der Waals surface area contributed by atoms with Crippen molar-refractivity contribution in [2.75, 3.05) is 11.9 Å². The Morgan fingerprint density at radius 1 is 1.47 bits per heavy atom. The number of carbonyl (C=O) groups excluding carboxylic acids is 1. The van der Waals surface area contributed by atoms with Crippen LogP contribution >= 0.6 is 15.9 Å². The molecule has 1 N–H and O–H groups in total. The first-order valence-electron chi connectivity index (χ1n) is 5.40. The van der Waals surface area contributed by atoms with E-state index >= 15 is 0 Å². The minimum atomic E-state index is -0.411. The normalized spacial score (nSPS) is 19.2. The van der Waals surface area contributed by atoms with E-state index in [4.69, 9.17) is 4.74 Å². The van der Waals surface area contributed by atoms with Crippen LogP contribution in [0.5, 0.6) is 0 Å². The van der Waals surface area contributed by atoms with Crippen LogP contribution in [0.3, 0.4) is 0 Å². The molecule has 3 nitrogen and oxygen atoms in total. The highest BCUT2D eigenvalue weighted by Gasteiger charge is 2.36. The first-order chi connectivity index (χ1) is 6.87. The minimum Gasteiger partial charge on any atom is -0.444 e. The number of hydrogen-bond acceptors (Lipinski definition) is 2. The lowest BCUT2D eigenvalue weighted by molar-refractivity contribution is 0.0474. The quantitative estimate of drug-likeness (QED) is 0.806. The van der Waals surface area contributed by atoms with Crippen molar-refractivity contribution in [2.45, 2.75) is 45.6 Å². The molecule has 0 aromatic rings. The Hall–Kier alpha value is -0.250. The second-order valence-corrected chi connectivity index (χ2v) is 5.90. The molecule has 0 aliphatic heterocycles. The molecule has 1 aliphatic rings. The summed E-state index contributed by atoms with van der Waals surface area (Å²) in [7, 11) is 0. The Morgan fingerprint density at radius 2 is 2.07 bits per heavy atom. The van der Waals surface area contributed by atoms with Gasteiger partial charge in [-0.25, -0.2) is 4.79 Å². The van der Waals surface area contributed by atoms with Crippen molar-refractivity contribution in [3.63, 3.8) is 0 Å². The minimum absolute atomic E-state index is 0.275. The molecule has 4 heteroatoms. The highest BCUT2D eigenvalue weighted by molar-refractivity contribution is 9.09. The van der Waals surface area contributed by atoms with Gasteiger partial charge in [-0.2, -0.15) is 0 Å². The fourth-order valence-electron chi connectivity index (χ4n) is 1.61. The van der Waals surface area contributed by atoms with E-state index in [0.29, 0.717) is 6.54 Å². The molecule has 1 aliphatic carbocycles. The van der Waals surface area contributed by atoms with Gasteiger partial charge < -0.3 is 10.1 Å². The number of halogens is 1. The van der Waals surface area contributed by atoms with Crippen LogP contribution in [0.15, 0.2) is 0 Å². The fourth-order valence-corrected chi connectivity index (χ4v) is 2.37. The lowest BCUT2D eigenvalue weighted by Crippen LogP contribution is -2.44. The number of ether oxygens (including phenoxy) is 1. The van der Waals surface area contributed by atoms with Gasteiger partial charge in [-0.05, 0) is 39.0 Å². The van der Waals surface area contributed by atoms with Crippen molar-refractivity contribution >= 4 is 22.0 Å². The third-order valence-corrected chi connectivity index (χ3v) is 3.89. The third-order valence-electron chi connectivity index (χ3n) is 2.70. The first kappa shape index (κ1) is 12.8. The van der Waals surface area contributed by atoms with Crippen LogP contribution in [0.4, 0.5) is 4.79 Å². The molecule has 0 heterocycles. The van der Waals surface area contributed by atoms with Crippen molar-refractivity contribution in [1.82, 2.24) is 5.32 Å². The van der Waals surface area contributed by atoms with Crippen molar-refractivity contribution in [1.29, 1.82) is 0 Å². The van der Waals surface area contributed by atoms with Gasteiger partial charge in [0.05, 0.1) is 0 Å². The van der Waals surface area contributed by atoms with Gasteiger partial charge in [0.2, 0.25) is 0 Å². The van der Waals surface area contributed by atoms with Gasteiger partial charge in [-0.1, -0.05) is 22.4 Å². The molecule has 0 spiro atoms. The van der Waals surface area contributed by atoms with Gasteiger partial charge in [0.15, 0.2) is 0 Å². The van der Waals surface area contributed by atoms with Crippen LogP contribution in [0, 0.1) is 5.41 Å². The molecule has 88 valence electrons. The molecule has 1 saturated carbocycles. The highest BCUT2D eigenvalue weighted by atomic mass is 79.9. The Bertz CT molecular complexity index is 226. The first-order valence-corrected chi connectivity index (χ1v) is 6.52. The average molecular weight is 278 g/mol. The molecule has 0 bridgehead atoms. The Kier molecular flexibility index (Phi) is 4.04. The maximum Gasteiger partial charge on any atom is 0.407 e. The van der Waals surface area contributed by atoms with E-state index in [1.165, 1.54) is 19.3 Å². The van der Waals surface area contributed by atoms with E-state index in [1.807, 2.05) is 20.8 Å². The molecule has 1 amide bonds. The molecule has 1 fully saturated rings. The van der Waals surface area contributed by atoms with E-state index in [9.17, 15) is 4.79 Å². The Morgan fingerprint density at radius 3 is 2.40 bits per heavy atom. The van der Waals surface area contributed by atoms with E-state index in [-0.39, 0.29) is 11.5 Å². The molecule has 15 heavy (non-hydrogen) atoms. The highest BCUT2D eigenvalue weighted by Crippen LogP contribution is 2.41. The van der Waals surface area contributed by atoms with Crippen molar-refractivity contribution in [3.05, 3.63) is 0 Å². The molecule has 0 radical (unpaired) electrons. The molecule has 1 rings (SSSR count). The van der Waals surface area contributed by atoms with Crippen molar-refractivity contribution in [2.24, 2.45) is 5.41 Å². The van der Waals surface area contributed by atoms with Gasteiger partial charge in [0, 0.05) is 11.9 Å². The summed E-state index contributed by atoms with van der Waals surface area (Å²) in [5.41, 5.74) is -0.137. The topological polar surface area (TPSA) is 38.3 Å². The van der Waals surface area contributed by atoms with E-state index in [0.717, 1.165) is 5.33 Å². The zero-order chi connectivity index (χ0) is 11.5. The lowest BCUT2D eigenvalue weighted by Gasteiger charge is -2.40. The number of amides is 1. The summed E-state index contributed by atoms with van der Waals surface area (Å²) in [6.45, 7) is 6.33. The van der Waals surface area contributed by atoms with Crippen LogP contribution in [-0.2, 0) is 4.74 Å². The average Bonchev–Trinajstić information content (AvgIpc) is 1.99. The second kappa shape index (κ2) is 4.73. The molecule has 0 aromatic heterocycles. The standard InChI is InChI=1S/C11H20BrNO2/c1-10(2,3)15-9(14)13-8-11(7-12)5-4-6-11/h4-8H2,1-3H3,(H,13,14). The molecule has 0 unspecified atom stereocenters. The zero-order valence-electron chi connectivity index (χ0n) is 9.73. The number of carbonyl (C=O) groups is 1. The third kappa shape index (κ3) is 4.01. The number of alkyl carbamates (subject to hydrolysis) is 1. The van der Waals surface area contributed by atoms with E-state index < -0.39 is 5.60 Å². The summed E-state index contributed by atoms with van der Waals surface area (Å²) < 4.78 is 5.18. The van der Waals surface area contributed by atoms with Crippen molar-refractivity contribution in [3.8, 4) is 0 Å². The Labute approximate surface area is 100 Å². The van der Waals surface area contributed by atoms with Crippen LogP contribution in [-0.4, -0.2) is 23.6 Å². The van der Waals surface area contributed by atoms with Gasteiger partial charge in [0.1, 0.15) is 5.60 Å². The summed E-state index contributed by atoms with van der Waals surface area (Å²) >= 11 is 3.50. The molecular weight excluding hydrogens is 258 g/mol. The molecule has 0 atom stereocenters. The predicted molar refractivity (Wildman–Crippen MR) is 64.3 cm³/mol. The SMILES string of the molecule is CC(C)(C)OC(=O)NCC1(CBr)CCC1. The lowest BCUT2D eigenvalue weighted by atomic mass is 9.70. The number of alkyl halides is 1. The van der Waals surface area contributed by atoms with Gasteiger partial charge in [0.25, 0.3) is 0 Å². The van der Waals surface area contributed by atoms with E-state index in [2.05, 4.69) is 21.2 Å². The van der Waals surface area contributed by atoms with Gasteiger partial charge >= 0.3 is 6.09 Å². The van der Waals surface area contributed by atoms with Crippen LogP contribution in [0.1, 0.15) is 40.0 Å². The largest absolute Gasteiger partial charge is 0.444 e. The summed E-state index contributed by atoms with van der Waals surface area (Å²) in [5.74, 6) is 0. The van der Waals surface area contributed by atoms with Crippen molar-refractivity contribution < 1.29 is 9.53 Å². The van der Waals surface area contributed by atoms with Crippen LogP contribution < -0.4 is 5.32 Å². The monoisotopic (exact) mass is 277 g/mol. The molecular formula is C11H20BrNO2. The summed E-state index contributed by atoms with van der Waals surface area (Å²) in [6, 6.07) is 0. The van der Waals surface area contributed by atoms with E-state index in [1.54, 1.807) is 0 Å².